The summed E-state index contributed by atoms with van der Waals surface area (Å²) in [7, 11) is 0. The van der Waals surface area contributed by atoms with Crippen LogP contribution in [0.2, 0.25) is 0 Å². The Hall–Kier alpha value is -7.63. The van der Waals surface area contributed by atoms with Gasteiger partial charge in [-0.05, 0) is 172 Å². The largest absolute Gasteiger partial charge is 0.334 e. The van der Waals surface area contributed by atoms with Crippen LogP contribution in [0.1, 0.15) is 103 Å². The molecule has 0 N–H and O–H groups in total. The second kappa shape index (κ2) is 17.2. The summed E-state index contributed by atoms with van der Waals surface area (Å²) in [6, 6.07) is 71.7. The number of aryl methyl sites for hydroxylation is 1. The first-order chi connectivity index (χ1) is 36.1. The third-order valence-corrected chi connectivity index (χ3v) is 17.8. The van der Waals surface area contributed by atoms with Crippen molar-refractivity contribution < 1.29 is 0 Å². The number of aromatic nitrogens is 1. The van der Waals surface area contributed by atoms with Crippen molar-refractivity contribution in [3.8, 4) is 33.5 Å². The van der Waals surface area contributed by atoms with Gasteiger partial charge in [-0.3, -0.25) is 4.98 Å². The highest BCUT2D eigenvalue weighted by molar-refractivity contribution is 7.00. The van der Waals surface area contributed by atoms with Crippen molar-refractivity contribution in [1.82, 2.24) is 4.98 Å². The van der Waals surface area contributed by atoms with Crippen molar-refractivity contribution >= 4 is 68.6 Å². The highest BCUT2D eigenvalue weighted by atomic mass is 15.3. The molecule has 0 saturated heterocycles. The molecule has 2 atom stereocenters. The second-order valence-electron chi connectivity index (χ2n) is 24.4. The summed E-state index contributed by atoms with van der Waals surface area (Å²) in [5.74, 6) is 0. The number of rotatable bonds is 6. The van der Waals surface area contributed by atoms with E-state index in [2.05, 4.69) is 259 Å². The lowest BCUT2D eigenvalue weighted by Gasteiger charge is -2.50. The molecular formula is C70H67BN4. The fourth-order valence-electron chi connectivity index (χ4n) is 13.6. The van der Waals surface area contributed by atoms with E-state index in [1.807, 2.05) is 12.3 Å². The second-order valence-corrected chi connectivity index (χ2v) is 24.4. The van der Waals surface area contributed by atoms with Gasteiger partial charge in [0.05, 0.1) is 16.9 Å². The summed E-state index contributed by atoms with van der Waals surface area (Å²) in [4.78, 5) is 12.8. The molecule has 1 aliphatic carbocycles. The van der Waals surface area contributed by atoms with Gasteiger partial charge < -0.3 is 14.7 Å². The highest BCUT2D eigenvalue weighted by Crippen LogP contribution is 2.62. The molecule has 4 heterocycles. The molecule has 1 fully saturated rings. The summed E-state index contributed by atoms with van der Waals surface area (Å²) >= 11 is 0. The van der Waals surface area contributed by atoms with Crippen molar-refractivity contribution in [2.24, 2.45) is 0 Å². The van der Waals surface area contributed by atoms with E-state index in [9.17, 15) is 0 Å². The van der Waals surface area contributed by atoms with E-state index in [1.54, 1.807) is 0 Å². The Labute approximate surface area is 445 Å². The van der Waals surface area contributed by atoms with Gasteiger partial charge in [-0.1, -0.05) is 171 Å². The molecule has 13 rings (SSSR count). The van der Waals surface area contributed by atoms with Gasteiger partial charge in [0.2, 0.25) is 0 Å². The highest BCUT2D eigenvalue weighted by Gasteiger charge is 2.58. The fraction of sp³-hybridized carbons (Fsp3) is 0.243. The molecule has 0 bridgehead atoms. The first kappa shape index (κ1) is 47.1. The zero-order valence-corrected chi connectivity index (χ0v) is 45.2. The Morgan fingerprint density at radius 2 is 1.07 bits per heavy atom. The van der Waals surface area contributed by atoms with Gasteiger partial charge in [0.15, 0.2) is 0 Å². The van der Waals surface area contributed by atoms with Gasteiger partial charge in [0, 0.05) is 62.6 Å². The Kier molecular flexibility index (Phi) is 10.8. The van der Waals surface area contributed by atoms with E-state index >= 15 is 0 Å². The SMILES string of the molecule is Cc1cc2c3c(c1)N(c1ccc(C(C)(C)C)cc1-c1ccccc1)c1cc(-c4ccccc4)ccc1B3c1ccc(N3c4ccc(-c5ccccn5)cc4C4(C)CCCCC34C)cc1N2c1ccc(C(C)(C)C)cc1. The normalized spacial score (nSPS) is 18.5. The summed E-state index contributed by atoms with van der Waals surface area (Å²) in [6.45, 7) is 21.3. The van der Waals surface area contributed by atoms with Crippen LogP contribution >= 0.6 is 0 Å². The molecular weight excluding hydrogens is 908 g/mol. The van der Waals surface area contributed by atoms with Crippen molar-refractivity contribution in [3.05, 3.63) is 217 Å². The van der Waals surface area contributed by atoms with Gasteiger partial charge in [-0.15, -0.1) is 0 Å². The Morgan fingerprint density at radius 3 is 1.76 bits per heavy atom. The van der Waals surface area contributed by atoms with Crippen LogP contribution in [-0.2, 0) is 16.2 Å². The van der Waals surface area contributed by atoms with E-state index in [1.165, 1.54) is 125 Å². The Bertz CT molecular complexity index is 3690. The molecule has 75 heavy (non-hydrogen) atoms. The molecule has 0 spiro atoms. The molecule has 5 heteroatoms. The van der Waals surface area contributed by atoms with Crippen LogP contribution in [0, 0.1) is 6.92 Å². The molecule has 3 aliphatic heterocycles. The summed E-state index contributed by atoms with van der Waals surface area (Å²) in [5.41, 5.74) is 25.9. The minimum atomic E-state index is -0.134. The number of benzene rings is 8. The predicted molar refractivity (Wildman–Crippen MR) is 320 cm³/mol. The fourth-order valence-corrected chi connectivity index (χ4v) is 13.6. The maximum atomic E-state index is 4.82. The molecule has 1 saturated carbocycles. The minimum Gasteiger partial charge on any atom is -0.334 e. The summed E-state index contributed by atoms with van der Waals surface area (Å²) in [6.07, 6.45) is 6.62. The van der Waals surface area contributed by atoms with Crippen LogP contribution in [0.25, 0.3) is 33.5 Å². The van der Waals surface area contributed by atoms with Crippen LogP contribution in [0.4, 0.5) is 45.5 Å². The number of hydrogen-bond donors (Lipinski definition) is 0. The van der Waals surface area contributed by atoms with Gasteiger partial charge in [-0.2, -0.15) is 0 Å². The lowest BCUT2D eigenvalue weighted by molar-refractivity contribution is 0.195. The molecule has 9 aromatic rings. The third kappa shape index (κ3) is 7.43. The smallest absolute Gasteiger partial charge is 0.252 e. The van der Waals surface area contributed by atoms with Gasteiger partial charge in [0.1, 0.15) is 0 Å². The minimum absolute atomic E-state index is 0.0165. The van der Waals surface area contributed by atoms with E-state index in [4.69, 9.17) is 4.98 Å². The van der Waals surface area contributed by atoms with E-state index < -0.39 is 0 Å². The molecule has 0 radical (unpaired) electrons. The number of pyridine rings is 1. The maximum absolute atomic E-state index is 4.82. The van der Waals surface area contributed by atoms with Crippen molar-refractivity contribution in [2.45, 2.75) is 110 Å². The van der Waals surface area contributed by atoms with E-state index in [0.717, 1.165) is 18.5 Å². The van der Waals surface area contributed by atoms with Crippen molar-refractivity contribution in [1.29, 1.82) is 0 Å². The number of anilines is 8. The topological polar surface area (TPSA) is 22.6 Å². The van der Waals surface area contributed by atoms with Gasteiger partial charge in [0.25, 0.3) is 6.71 Å². The molecule has 8 aromatic carbocycles. The van der Waals surface area contributed by atoms with E-state index in [0.29, 0.717) is 0 Å². The Morgan fingerprint density at radius 1 is 0.467 bits per heavy atom. The molecule has 0 amide bonds. The van der Waals surface area contributed by atoms with Crippen LogP contribution in [0.3, 0.4) is 0 Å². The molecule has 4 nitrogen and oxygen atoms in total. The summed E-state index contributed by atoms with van der Waals surface area (Å²) in [5, 5.41) is 0. The van der Waals surface area contributed by atoms with Crippen LogP contribution in [0.5, 0.6) is 0 Å². The molecule has 370 valence electrons. The molecule has 2 unspecified atom stereocenters. The standard InChI is InChI=1S/C70H67BN4/c1-46-40-64-66-65(41-46)74(60-36-29-52(68(5,6)7)44-55(60)48-22-14-11-15-23-48)62-43-49(47-20-12-10-13-21-47)25-33-57(62)71(66)58-34-32-54(45-63(58)73(64)53-30-27-51(28-31-53)67(2,3)4)75-61-35-26-50(59-24-16-19-39-72-59)42-56(61)69(8)37-17-18-38-70(69,75)9/h10-16,19-36,39-45H,17-18,37-38H2,1-9H3. The zero-order valence-electron chi connectivity index (χ0n) is 45.2. The number of hydrogen-bond acceptors (Lipinski definition) is 4. The van der Waals surface area contributed by atoms with Crippen molar-refractivity contribution in [2.75, 3.05) is 14.7 Å². The average molecular weight is 975 g/mol. The maximum Gasteiger partial charge on any atom is 0.252 e. The van der Waals surface area contributed by atoms with Crippen LogP contribution < -0.4 is 31.1 Å². The van der Waals surface area contributed by atoms with Crippen molar-refractivity contribution in [3.63, 3.8) is 0 Å². The van der Waals surface area contributed by atoms with Crippen LogP contribution in [0.15, 0.2) is 194 Å². The summed E-state index contributed by atoms with van der Waals surface area (Å²) < 4.78 is 0. The van der Waals surface area contributed by atoms with Crippen LogP contribution in [-0.4, -0.2) is 17.2 Å². The first-order valence-corrected chi connectivity index (χ1v) is 27.4. The molecule has 4 aliphatic rings. The predicted octanol–water partition coefficient (Wildman–Crippen LogP) is 16.8. The lowest BCUT2D eigenvalue weighted by atomic mass is 9.33. The average Bonchev–Trinajstić information content (AvgIpc) is 3.69. The molecule has 1 aromatic heterocycles. The third-order valence-electron chi connectivity index (χ3n) is 17.8. The quantitative estimate of drug-likeness (QED) is 0.155. The van der Waals surface area contributed by atoms with Gasteiger partial charge >= 0.3 is 0 Å². The van der Waals surface area contributed by atoms with E-state index in [-0.39, 0.29) is 28.5 Å². The monoisotopic (exact) mass is 975 g/mol. The number of nitrogens with zero attached hydrogens (tertiary/aromatic N) is 4. The number of fused-ring (bicyclic) bond motifs is 7. The zero-order chi connectivity index (χ0) is 51.6. The lowest BCUT2D eigenvalue weighted by Crippen LogP contribution is -2.61. The van der Waals surface area contributed by atoms with Gasteiger partial charge in [-0.25, -0.2) is 0 Å². The Balaban J connectivity index is 1.08. The first-order valence-electron chi connectivity index (χ1n) is 27.4.